The molecule has 1 N–H and O–H groups in total. The summed E-state index contributed by atoms with van der Waals surface area (Å²) in [6.45, 7) is 10.9. The average Bonchev–Trinajstić information content (AvgIpc) is 3.14. The second-order valence-electron chi connectivity index (χ2n) is 6.05. The molecule has 2 aliphatic rings. The van der Waals surface area contributed by atoms with E-state index >= 15 is 0 Å². The second kappa shape index (κ2) is 6.51. The van der Waals surface area contributed by atoms with Crippen LogP contribution in [0.5, 0.6) is 0 Å². The molecular formula is C14H26N4. The monoisotopic (exact) mass is 250 g/mol. The molecule has 0 bridgehead atoms. The maximum Gasteiger partial charge on any atom is 0.108 e. The van der Waals surface area contributed by atoms with Gasteiger partial charge in [-0.1, -0.05) is 0 Å². The number of hydrogen-bond donors (Lipinski definition) is 1. The summed E-state index contributed by atoms with van der Waals surface area (Å²) >= 11 is 0. The molecule has 2 rings (SSSR count). The zero-order valence-electron chi connectivity index (χ0n) is 11.7. The quantitative estimate of drug-likeness (QED) is 0.761. The summed E-state index contributed by atoms with van der Waals surface area (Å²) in [6.07, 6.45) is 2.88. The first-order valence-electron chi connectivity index (χ1n) is 7.27. The first-order chi connectivity index (χ1) is 8.67. The zero-order chi connectivity index (χ0) is 13.0. The van der Waals surface area contributed by atoms with Gasteiger partial charge >= 0.3 is 0 Å². The van der Waals surface area contributed by atoms with Crippen LogP contribution < -0.4 is 5.32 Å². The van der Waals surface area contributed by atoms with Gasteiger partial charge in [0.25, 0.3) is 0 Å². The summed E-state index contributed by atoms with van der Waals surface area (Å²) in [5.74, 6) is 0.992. The van der Waals surface area contributed by atoms with Gasteiger partial charge in [-0.15, -0.1) is 0 Å². The van der Waals surface area contributed by atoms with Crippen LogP contribution in [-0.2, 0) is 0 Å². The number of rotatable bonds is 6. The highest BCUT2D eigenvalue weighted by Gasteiger charge is 2.26. The third kappa shape index (κ3) is 4.56. The molecule has 0 aromatic carbocycles. The summed E-state index contributed by atoms with van der Waals surface area (Å²) in [4.78, 5) is 5.01. The van der Waals surface area contributed by atoms with Gasteiger partial charge < -0.3 is 4.90 Å². The molecule has 1 unspecified atom stereocenters. The van der Waals surface area contributed by atoms with Gasteiger partial charge in [0.1, 0.15) is 6.04 Å². The van der Waals surface area contributed by atoms with E-state index in [-0.39, 0.29) is 6.04 Å². The Balaban J connectivity index is 1.66. The molecule has 0 spiro atoms. The van der Waals surface area contributed by atoms with Gasteiger partial charge in [-0.25, -0.2) is 0 Å². The van der Waals surface area contributed by atoms with E-state index in [1.54, 1.807) is 0 Å². The lowest BCUT2D eigenvalue weighted by molar-refractivity contribution is 0.123. The Morgan fingerprint density at radius 1 is 1.17 bits per heavy atom. The SMILES string of the molecule is CC(C)NC(C#N)CN1CCN(CC2CC2)CC1. The van der Waals surface area contributed by atoms with E-state index in [0.717, 1.165) is 25.6 Å². The fourth-order valence-corrected chi connectivity index (χ4v) is 2.61. The van der Waals surface area contributed by atoms with Crippen molar-refractivity contribution < 1.29 is 0 Å². The van der Waals surface area contributed by atoms with Crippen LogP contribution in [0.1, 0.15) is 26.7 Å². The standard InChI is InChI=1S/C14H26N4/c1-12(2)16-14(9-15)11-18-7-5-17(6-8-18)10-13-3-4-13/h12-14,16H,3-8,10-11H2,1-2H3. The number of hydrogen-bond acceptors (Lipinski definition) is 4. The molecular weight excluding hydrogens is 224 g/mol. The molecule has 0 amide bonds. The van der Waals surface area contributed by atoms with Crippen molar-refractivity contribution in [1.29, 1.82) is 5.26 Å². The van der Waals surface area contributed by atoms with Crippen LogP contribution in [0.2, 0.25) is 0 Å². The molecule has 18 heavy (non-hydrogen) atoms. The summed E-state index contributed by atoms with van der Waals surface area (Å²) in [7, 11) is 0. The summed E-state index contributed by atoms with van der Waals surface area (Å²) < 4.78 is 0. The van der Waals surface area contributed by atoms with Crippen LogP contribution in [0.15, 0.2) is 0 Å². The van der Waals surface area contributed by atoms with Crippen molar-refractivity contribution in [3.05, 3.63) is 0 Å². The molecule has 102 valence electrons. The second-order valence-corrected chi connectivity index (χ2v) is 6.05. The summed E-state index contributed by atoms with van der Waals surface area (Å²) in [5, 5.41) is 12.4. The predicted octanol–water partition coefficient (Wildman–Crippen LogP) is 0.904. The predicted molar refractivity (Wildman–Crippen MR) is 73.3 cm³/mol. The van der Waals surface area contributed by atoms with E-state index in [1.165, 1.54) is 32.5 Å². The Morgan fingerprint density at radius 2 is 1.78 bits per heavy atom. The lowest BCUT2D eigenvalue weighted by Gasteiger charge is -2.35. The highest BCUT2D eigenvalue weighted by Crippen LogP contribution is 2.29. The molecule has 1 saturated carbocycles. The van der Waals surface area contributed by atoms with Gasteiger partial charge in [-0.05, 0) is 32.6 Å². The smallest absolute Gasteiger partial charge is 0.108 e. The summed E-state index contributed by atoms with van der Waals surface area (Å²) in [6, 6.07) is 2.72. The first kappa shape index (κ1) is 13.8. The highest BCUT2D eigenvalue weighted by atomic mass is 15.3. The zero-order valence-corrected chi connectivity index (χ0v) is 11.7. The molecule has 4 nitrogen and oxygen atoms in total. The van der Waals surface area contributed by atoms with Crippen molar-refractivity contribution in [2.24, 2.45) is 5.92 Å². The maximum absolute atomic E-state index is 9.14. The van der Waals surface area contributed by atoms with Crippen molar-refractivity contribution in [3.63, 3.8) is 0 Å². The average molecular weight is 250 g/mol. The first-order valence-corrected chi connectivity index (χ1v) is 7.27. The molecule has 4 heteroatoms. The van der Waals surface area contributed by atoms with Crippen molar-refractivity contribution in [3.8, 4) is 6.07 Å². The Morgan fingerprint density at radius 3 is 2.28 bits per heavy atom. The van der Waals surface area contributed by atoms with Crippen LogP contribution in [0.4, 0.5) is 0 Å². The fourth-order valence-electron chi connectivity index (χ4n) is 2.61. The molecule has 2 fully saturated rings. The minimum atomic E-state index is -0.0278. The van der Waals surface area contributed by atoms with E-state index in [4.69, 9.17) is 5.26 Å². The Bertz CT molecular complexity index is 285. The molecule has 0 aromatic heterocycles. The molecule has 1 aliphatic carbocycles. The number of nitrogens with zero attached hydrogens (tertiary/aromatic N) is 3. The van der Waals surface area contributed by atoms with E-state index in [0.29, 0.717) is 6.04 Å². The van der Waals surface area contributed by atoms with Gasteiger partial charge in [-0.3, -0.25) is 10.2 Å². The van der Waals surface area contributed by atoms with Gasteiger partial charge in [0, 0.05) is 45.3 Å². The Kier molecular flexibility index (Phi) is 4.99. The highest BCUT2D eigenvalue weighted by molar-refractivity contribution is 4.94. The normalized spacial score (nSPS) is 24.1. The minimum Gasteiger partial charge on any atom is -0.301 e. The van der Waals surface area contributed by atoms with E-state index < -0.39 is 0 Å². The lowest BCUT2D eigenvalue weighted by atomic mass is 10.2. The number of nitrogens with one attached hydrogen (secondary N) is 1. The van der Waals surface area contributed by atoms with Crippen molar-refractivity contribution in [1.82, 2.24) is 15.1 Å². The Labute approximate surface area is 111 Å². The van der Waals surface area contributed by atoms with Crippen LogP contribution in [-0.4, -0.2) is 61.2 Å². The molecule has 1 saturated heterocycles. The topological polar surface area (TPSA) is 42.3 Å². The van der Waals surface area contributed by atoms with Gasteiger partial charge in [0.15, 0.2) is 0 Å². The largest absolute Gasteiger partial charge is 0.301 e. The lowest BCUT2D eigenvalue weighted by Crippen LogP contribution is -2.51. The van der Waals surface area contributed by atoms with Gasteiger partial charge in [-0.2, -0.15) is 5.26 Å². The minimum absolute atomic E-state index is 0.0278. The maximum atomic E-state index is 9.14. The number of nitriles is 1. The van der Waals surface area contributed by atoms with Crippen molar-refractivity contribution in [2.75, 3.05) is 39.3 Å². The van der Waals surface area contributed by atoms with Crippen molar-refractivity contribution >= 4 is 0 Å². The molecule has 1 atom stereocenters. The molecule has 1 heterocycles. The summed E-state index contributed by atoms with van der Waals surface area (Å²) in [5.41, 5.74) is 0. The van der Waals surface area contributed by atoms with E-state index in [9.17, 15) is 0 Å². The molecule has 0 radical (unpaired) electrons. The Hall–Kier alpha value is -0.630. The third-order valence-corrected chi connectivity index (χ3v) is 3.81. The van der Waals surface area contributed by atoms with Crippen LogP contribution in [0, 0.1) is 17.2 Å². The van der Waals surface area contributed by atoms with Crippen LogP contribution in [0.3, 0.4) is 0 Å². The van der Waals surface area contributed by atoms with Gasteiger partial charge in [0.2, 0.25) is 0 Å². The molecule has 0 aromatic rings. The van der Waals surface area contributed by atoms with E-state index in [1.807, 2.05) is 0 Å². The van der Waals surface area contributed by atoms with Crippen LogP contribution in [0.25, 0.3) is 0 Å². The fraction of sp³-hybridized carbons (Fsp3) is 0.929. The van der Waals surface area contributed by atoms with Crippen molar-refractivity contribution in [2.45, 2.75) is 38.8 Å². The third-order valence-electron chi connectivity index (χ3n) is 3.81. The van der Waals surface area contributed by atoms with Gasteiger partial charge in [0.05, 0.1) is 6.07 Å². The molecule has 1 aliphatic heterocycles. The van der Waals surface area contributed by atoms with Crippen LogP contribution >= 0.6 is 0 Å². The number of piperazine rings is 1. The van der Waals surface area contributed by atoms with E-state index in [2.05, 4.69) is 35.0 Å².